The molecular formula is C17H36N2O2. The Balaban J connectivity index is 4.53. The van der Waals surface area contributed by atoms with Crippen molar-refractivity contribution in [1.29, 1.82) is 0 Å². The maximum absolute atomic E-state index is 12.0. The molecule has 0 aromatic heterocycles. The summed E-state index contributed by atoms with van der Waals surface area (Å²) in [7, 11) is 0. The number of carbonyl (C=O) groups excluding carboxylic acids is 1. The largest absolute Gasteiger partial charge is 0.465 e. The summed E-state index contributed by atoms with van der Waals surface area (Å²) >= 11 is 0. The molecule has 0 spiro atoms. The highest BCUT2D eigenvalue weighted by molar-refractivity contribution is 5.75. The Morgan fingerprint density at radius 3 is 1.95 bits per heavy atom. The van der Waals surface area contributed by atoms with Crippen LogP contribution in [0, 0.1) is 11.8 Å². The van der Waals surface area contributed by atoms with Gasteiger partial charge in [-0.3, -0.25) is 4.79 Å². The fraction of sp³-hybridized carbons (Fsp3) is 0.941. The zero-order valence-electron chi connectivity index (χ0n) is 15.1. The van der Waals surface area contributed by atoms with E-state index in [0.717, 1.165) is 26.1 Å². The third-order valence-corrected chi connectivity index (χ3v) is 3.09. The molecule has 0 radical (unpaired) electrons. The second kappa shape index (κ2) is 11.0. The van der Waals surface area contributed by atoms with E-state index in [1.165, 1.54) is 0 Å². The van der Waals surface area contributed by atoms with E-state index in [0.29, 0.717) is 18.4 Å². The maximum atomic E-state index is 12.0. The average Bonchev–Trinajstić information content (AvgIpc) is 2.32. The first kappa shape index (κ1) is 20.4. The summed E-state index contributed by atoms with van der Waals surface area (Å²) in [4.78, 5) is 14.5. The molecule has 126 valence electrons. The van der Waals surface area contributed by atoms with Crippen LogP contribution in [0.15, 0.2) is 0 Å². The molecule has 0 aliphatic rings. The quantitative estimate of drug-likeness (QED) is 0.596. The van der Waals surface area contributed by atoms with Crippen LogP contribution in [0.3, 0.4) is 0 Å². The number of hydrogen-bond acceptors (Lipinski definition) is 4. The lowest BCUT2D eigenvalue weighted by Crippen LogP contribution is -2.44. The minimum absolute atomic E-state index is 0.125. The van der Waals surface area contributed by atoms with Gasteiger partial charge in [-0.25, -0.2) is 0 Å². The first-order chi connectivity index (χ1) is 9.76. The molecule has 1 unspecified atom stereocenters. The van der Waals surface area contributed by atoms with Crippen LogP contribution in [0.25, 0.3) is 0 Å². The predicted molar refractivity (Wildman–Crippen MR) is 89.4 cm³/mol. The van der Waals surface area contributed by atoms with E-state index in [9.17, 15) is 4.79 Å². The maximum Gasteiger partial charge on any atom is 0.323 e. The van der Waals surface area contributed by atoms with Crippen LogP contribution < -0.4 is 5.32 Å². The Bertz CT molecular complexity index is 268. The normalized spacial score (nSPS) is 13.5. The zero-order chi connectivity index (χ0) is 16.4. The fourth-order valence-electron chi connectivity index (χ4n) is 2.52. The molecule has 0 amide bonds. The van der Waals surface area contributed by atoms with Gasteiger partial charge in [-0.05, 0) is 25.2 Å². The van der Waals surface area contributed by atoms with Crippen LogP contribution in [0.5, 0.6) is 0 Å². The smallest absolute Gasteiger partial charge is 0.323 e. The van der Waals surface area contributed by atoms with E-state index in [1.54, 1.807) is 0 Å². The predicted octanol–water partition coefficient (Wildman–Crippen LogP) is 2.92. The second-order valence-corrected chi connectivity index (χ2v) is 6.96. The lowest BCUT2D eigenvalue weighted by Gasteiger charge is -2.28. The fourth-order valence-corrected chi connectivity index (χ4v) is 2.52. The Morgan fingerprint density at radius 2 is 1.57 bits per heavy atom. The number of esters is 1. The number of nitrogens with one attached hydrogen (secondary N) is 1. The third kappa shape index (κ3) is 10.7. The van der Waals surface area contributed by atoms with E-state index >= 15 is 0 Å². The van der Waals surface area contributed by atoms with Gasteiger partial charge in [-0.2, -0.15) is 0 Å². The molecular weight excluding hydrogens is 264 g/mol. The van der Waals surface area contributed by atoms with Gasteiger partial charge >= 0.3 is 5.97 Å². The molecule has 1 atom stereocenters. The standard InChI is InChI=1S/C17H36N2O2/c1-8-21-17(20)16(18-15(6)7)9-10-19(11-13(2)3)12-14(4)5/h13-16,18H,8-12H2,1-7H3. The summed E-state index contributed by atoms with van der Waals surface area (Å²) in [5.41, 5.74) is 0. The van der Waals surface area contributed by atoms with Gasteiger partial charge in [0, 0.05) is 25.7 Å². The van der Waals surface area contributed by atoms with E-state index in [1.807, 2.05) is 6.92 Å². The summed E-state index contributed by atoms with van der Waals surface area (Å²) in [6.45, 7) is 18.5. The number of rotatable bonds is 11. The highest BCUT2D eigenvalue weighted by atomic mass is 16.5. The first-order valence-corrected chi connectivity index (χ1v) is 8.41. The summed E-state index contributed by atoms with van der Waals surface area (Å²) in [5, 5.41) is 3.33. The lowest BCUT2D eigenvalue weighted by atomic mass is 10.1. The van der Waals surface area contributed by atoms with Gasteiger partial charge < -0.3 is 15.0 Å². The Hall–Kier alpha value is -0.610. The molecule has 0 fully saturated rings. The molecule has 0 heterocycles. The summed E-state index contributed by atoms with van der Waals surface area (Å²) in [6, 6.07) is 0.0785. The number of carbonyl (C=O) groups is 1. The number of ether oxygens (including phenoxy) is 1. The molecule has 0 saturated heterocycles. The van der Waals surface area contributed by atoms with Crippen molar-refractivity contribution >= 4 is 5.97 Å². The molecule has 0 aromatic rings. The van der Waals surface area contributed by atoms with Gasteiger partial charge in [-0.15, -0.1) is 0 Å². The molecule has 0 saturated carbocycles. The zero-order valence-corrected chi connectivity index (χ0v) is 15.1. The lowest BCUT2D eigenvalue weighted by molar-refractivity contribution is -0.146. The van der Waals surface area contributed by atoms with Crippen molar-refractivity contribution in [2.45, 2.75) is 67.0 Å². The molecule has 0 bridgehead atoms. The van der Waals surface area contributed by atoms with Crippen LogP contribution in [0.1, 0.15) is 54.9 Å². The van der Waals surface area contributed by atoms with Crippen molar-refractivity contribution in [2.24, 2.45) is 11.8 Å². The molecule has 4 heteroatoms. The van der Waals surface area contributed by atoms with E-state index in [-0.39, 0.29) is 18.1 Å². The number of nitrogens with zero attached hydrogens (tertiary/aromatic N) is 1. The highest BCUT2D eigenvalue weighted by Gasteiger charge is 2.21. The molecule has 0 aromatic carbocycles. The molecule has 0 aliphatic heterocycles. The van der Waals surface area contributed by atoms with E-state index in [2.05, 4.69) is 51.8 Å². The molecule has 0 aliphatic carbocycles. The Morgan fingerprint density at radius 1 is 1.05 bits per heavy atom. The second-order valence-electron chi connectivity index (χ2n) is 6.96. The summed E-state index contributed by atoms with van der Waals surface area (Å²) in [5.74, 6) is 1.16. The van der Waals surface area contributed by atoms with Gasteiger partial charge in [0.1, 0.15) is 6.04 Å². The highest BCUT2D eigenvalue weighted by Crippen LogP contribution is 2.07. The average molecular weight is 300 g/mol. The van der Waals surface area contributed by atoms with Gasteiger partial charge in [0.15, 0.2) is 0 Å². The van der Waals surface area contributed by atoms with Gasteiger partial charge in [0.25, 0.3) is 0 Å². The van der Waals surface area contributed by atoms with Gasteiger partial charge in [0.2, 0.25) is 0 Å². The van der Waals surface area contributed by atoms with Crippen LogP contribution in [0.2, 0.25) is 0 Å². The third-order valence-electron chi connectivity index (χ3n) is 3.09. The Kier molecular flexibility index (Phi) is 10.7. The van der Waals surface area contributed by atoms with Crippen LogP contribution >= 0.6 is 0 Å². The van der Waals surface area contributed by atoms with Crippen molar-refractivity contribution in [3.05, 3.63) is 0 Å². The monoisotopic (exact) mass is 300 g/mol. The molecule has 21 heavy (non-hydrogen) atoms. The molecule has 4 nitrogen and oxygen atoms in total. The number of hydrogen-bond donors (Lipinski definition) is 1. The van der Waals surface area contributed by atoms with Gasteiger partial charge in [0.05, 0.1) is 6.61 Å². The minimum Gasteiger partial charge on any atom is -0.465 e. The summed E-state index contributed by atoms with van der Waals surface area (Å²) < 4.78 is 5.18. The van der Waals surface area contributed by atoms with E-state index < -0.39 is 0 Å². The summed E-state index contributed by atoms with van der Waals surface area (Å²) in [6.07, 6.45) is 0.802. The minimum atomic E-state index is -0.202. The van der Waals surface area contributed by atoms with Crippen molar-refractivity contribution < 1.29 is 9.53 Å². The topological polar surface area (TPSA) is 41.6 Å². The van der Waals surface area contributed by atoms with Crippen molar-refractivity contribution in [1.82, 2.24) is 10.2 Å². The molecule has 1 N–H and O–H groups in total. The van der Waals surface area contributed by atoms with Crippen LogP contribution in [-0.2, 0) is 9.53 Å². The van der Waals surface area contributed by atoms with Crippen LogP contribution in [-0.4, -0.2) is 49.2 Å². The van der Waals surface area contributed by atoms with E-state index in [4.69, 9.17) is 4.74 Å². The van der Waals surface area contributed by atoms with Crippen molar-refractivity contribution in [3.8, 4) is 0 Å². The van der Waals surface area contributed by atoms with Crippen molar-refractivity contribution in [2.75, 3.05) is 26.2 Å². The Labute approximate surface area is 131 Å². The van der Waals surface area contributed by atoms with Gasteiger partial charge in [-0.1, -0.05) is 41.5 Å². The van der Waals surface area contributed by atoms with Crippen molar-refractivity contribution in [3.63, 3.8) is 0 Å². The van der Waals surface area contributed by atoms with Crippen LogP contribution in [0.4, 0.5) is 0 Å². The first-order valence-electron chi connectivity index (χ1n) is 8.41. The SMILES string of the molecule is CCOC(=O)C(CCN(CC(C)C)CC(C)C)NC(C)C. The molecule has 0 rings (SSSR count).